The molecule has 2 aliphatic rings. The summed E-state index contributed by atoms with van der Waals surface area (Å²) in [4.78, 5) is 0. The van der Waals surface area contributed by atoms with Gasteiger partial charge in [-0.05, 0) is 56.9 Å². The van der Waals surface area contributed by atoms with Gasteiger partial charge in [0, 0.05) is 19.8 Å². The molecular formula is C15H29NO2. The molecule has 3 heteroatoms. The molecule has 18 heavy (non-hydrogen) atoms. The second-order valence-electron chi connectivity index (χ2n) is 5.89. The predicted octanol–water partition coefficient (Wildman–Crippen LogP) is 2.73. The molecule has 3 atom stereocenters. The number of hydrogen-bond acceptors (Lipinski definition) is 3. The lowest BCUT2D eigenvalue weighted by molar-refractivity contribution is 0.0476. The van der Waals surface area contributed by atoms with Gasteiger partial charge in [0.05, 0.1) is 6.10 Å². The summed E-state index contributed by atoms with van der Waals surface area (Å²) in [5.41, 5.74) is 5.83. The zero-order valence-electron chi connectivity index (χ0n) is 11.6. The number of ether oxygens (including phenoxy) is 2. The minimum atomic E-state index is 0.514. The molecule has 2 fully saturated rings. The lowest BCUT2D eigenvalue weighted by Crippen LogP contribution is -2.30. The van der Waals surface area contributed by atoms with Gasteiger partial charge in [0.1, 0.15) is 0 Å². The summed E-state index contributed by atoms with van der Waals surface area (Å²) < 4.78 is 11.5. The van der Waals surface area contributed by atoms with Crippen LogP contribution in [0.2, 0.25) is 0 Å². The van der Waals surface area contributed by atoms with Crippen LogP contribution < -0.4 is 5.73 Å². The summed E-state index contributed by atoms with van der Waals surface area (Å²) in [6, 6.07) is 0. The van der Waals surface area contributed by atoms with Crippen LogP contribution in [-0.4, -0.2) is 32.5 Å². The molecule has 3 unspecified atom stereocenters. The van der Waals surface area contributed by atoms with E-state index in [1.807, 2.05) is 0 Å². The fourth-order valence-corrected chi connectivity index (χ4v) is 3.33. The first-order chi connectivity index (χ1) is 8.90. The molecule has 0 aromatic heterocycles. The molecule has 2 rings (SSSR count). The maximum atomic E-state index is 5.85. The van der Waals surface area contributed by atoms with E-state index >= 15 is 0 Å². The number of rotatable bonds is 7. The molecule has 106 valence electrons. The quantitative estimate of drug-likeness (QED) is 0.711. The van der Waals surface area contributed by atoms with Gasteiger partial charge < -0.3 is 15.2 Å². The van der Waals surface area contributed by atoms with Crippen LogP contribution in [0.3, 0.4) is 0 Å². The molecule has 0 radical (unpaired) electrons. The summed E-state index contributed by atoms with van der Waals surface area (Å²) in [5.74, 6) is 1.42. The lowest BCUT2D eigenvalue weighted by atomic mass is 9.80. The van der Waals surface area contributed by atoms with Crippen molar-refractivity contribution < 1.29 is 9.47 Å². The molecule has 1 saturated heterocycles. The molecule has 1 aliphatic carbocycles. The van der Waals surface area contributed by atoms with E-state index in [1.54, 1.807) is 0 Å². The van der Waals surface area contributed by atoms with Crippen molar-refractivity contribution in [3.05, 3.63) is 0 Å². The van der Waals surface area contributed by atoms with E-state index in [0.29, 0.717) is 17.9 Å². The highest BCUT2D eigenvalue weighted by Gasteiger charge is 2.23. The van der Waals surface area contributed by atoms with E-state index in [2.05, 4.69) is 0 Å². The van der Waals surface area contributed by atoms with E-state index < -0.39 is 0 Å². The van der Waals surface area contributed by atoms with Crippen LogP contribution in [0.15, 0.2) is 0 Å². The van der Waals surface area contributed by atoms with Gasteiger partial charge in [0.15, 0.2) is 0 Å². The van der Waals surface area contributed by atoms with Crippen molar-refractivity contribution in [1.82, 2.24) is 0 Å². The van der Waals surface area contributed by atoms with Crippen LogP contribution in [0.25, 0.3) is 0 Å². The van der Waals surface area contributed by atoms with Gasteiger partial charge in [-0.25, -0.2) is 0 Å². The summed E-state index contributed by atoms with van der Waals surface area (Å²) in [6.45, 7) is 3.62. The molecule has 0 aromatic carbocycles. The van der Waals surface area contributed by atoms with Gasteiger partial charge in [-0.1, -0.05) is 12.8 Å². The molecule has 0 aromatic rings. The molecule has 2 N–H and O–H groups in total. The summed E-state index contributed by atoms with van der Waals surface area (Å²) in [5, 5.41) is 0. The SMILES string of the molecule is NCC1CCCCC1COCCCC1CCCO1. The third-order valence-corrected chi connectivity index (χ3v) is 4.54. The maximum absolute atomic E-state index is 5.85. The normalized spacial score (nSPS) is 32.8. The highest BCUT2D eigenvalue weighted by Crippen LogP contribution is 2.29. The fraction of sp³-hybridized carbons (Fsp3) is 1.00. The highest BCUT2D eigenvalue weighted by atomic mass is 16.5. The monoisotopic (exact) mass is 255 g/mol. The van der Waals surface area contributed by atoms with Crippen molar-refractivity contribution in [2.75, 3.05) is 26.4 Å². The Balaban J connectivity index is 1.51. The molecule has 0 bridgehead atoms. The first kappa shape index (κ1) is 14.3. The molecule has 1 aliphatic heterocycles. The van der Waals surface area contributed by atoms with Crippen molar-refractivity contribution in [2.45, 2.75) is 57.5 Å². The van der Waals surface area contributed by atoms with Gasteiger partial charge in [-0.3, -0.25) is 0 Å². The summed E-state index contributed by atoms with van der Waals surface area (Å²) >= 11 is 0. The Morgan fingerprint density at radius 2 is 1.89 bits per heavy atom. The van der Waals surface area contributed by atoms with Crippen molar-refractivity contribution >= 4 is 0 Å². The molecule has 0 amide bonds. The van der Waals surface area contributed by atoms with Crippen LogP contribution in [0.5, 0.6) is 0 Å². The first-order valence-corrected chi connectivity index (χ1v) is 7.79. The summed E-state index contributed by atoms with van der Waals surface area (Å²) in [7, 11) is 0. The van der Waals surface area contributed by atoms with Gasteiger partial charge in [0.25, 0.3) is 0 Å². The van der Waals surface area contributed by atoms with Crippen molar-refractivity contribution in [3.63, 3.8) is 0 Å². The topological polar surface area (TPSA) is 44.5 Å². The third-order valence-electron chi connectivity index (χ3n) is 4.54. The average molecular weight is 255 g/mol. The van der Waals surface area contributed by atoms with Crippen molar-refractivity contribution in [3.8, 4) is 0 Å². The van der Waals surface area contributed by atoms with Crippen LogP contribution >= 0.6 is 0 Å². The minimum absolute atomic E-state index is 0.514. The van der Waals surface area contributed by atoms with Crippen LogP contribution in [-0.2, 0) is 9.47 Å². The van der Waals surface area contributed by atoms with Gasteiger partial charge in [-0.15, -0.1) is 0 Å². The largest absolute Gasteiger partial charge is 0.381 e. The highest BCUT2D eigenvalue weighted by molar-refractivity contribution is 4.75. The van der Waals surface area contributed by atoms with E-state index in [4.69, 9.17) is 15.2 Å². The average Bonchev–Trinajstić information content (AvgIpc) is 2.92. The number of nitrogens with two attached hydrogens (primary N) is 1. The van der Waals surface area contributed by atoms with Crippen LogP contribution in [0.4, 0.5) is 0 Å². The van der Waals surface area contributed by atoms with E-state index in [0.717, 1.165) is 32.8 Å². The Morgan fingerprint density at radius 3 is 2.61 bits per heavy atom. The van der Waals surface area contributed by atoms with E-state index in [9.17, 15) is 0 Å². The fourth-order valence-electron chi connectivity index (χ4n) is 3.33. The molecular weight excluding hydrogens is 226 g/mol. The third kappa shape index (κ3) is 4.52. The second-order valence-corrected chi connectivity index (χ2v) is 5.89. The first-order valence-electron chi connectivity index (χ1n) is 7.79. The Kier molecular flexibility index (Phi) is 6.46. The molecule has 1 saturated carbocycles. The molecule has 3 nitrogen and oxygen atoms in total. The lowest BCUT2D eigenvalue weighted by Gasteiger charge is -2.30. The zero-order valence-corrected chi connectivity index (χ0v) is 11.6. The van der Waals surface area contributed by atoms with Gasteiger partial charge in [0.2, 0.25) is 0 Å². The summed E-state index contributed by atoms with van der Waals surface area (Å²) in [6.07, 6.45) is 10.7. The molecule has 1 heterocycles. The van der Waals surface area contributed by atoms with Gasteiger partial charge >= 0.3 is 0 Å². The number of hydrogen-bond donors (Lipinski definition) is 1. The smallest absolute Gasteiger partial charge is 0.0576 e. The van der Waals surface area contributed by atoms with E-state index in [-0.39, 0.29) is 0 Å². The Bertz CT molecular complexity index is 217. The minimum Gasteiger partial charge on any atom is -0.381 e. The Labute approximate surface area is 111 Å². The Hall–Kier alpha value is -0.120. The standard InChI is InChI=1S/C15H29NO2/c16-11-13-5-1-2-6-14(13)12-17-9-3-7-15-8-4-10-18-15/h13-15H,1-12,16H2. The van der Waals surface area contributed by atoms with Crippen molar-refractivity contribution in [2.24, 2.45) is 17.6 Å². The van der Waals surface area contributed by atoms with Crippen molar-refractivity contribution in [1.29, 1.82) is 0 Å². The molecule has 0 spiro atoms. The van der Waals surface area contributed by atoms with E-state index in [1.165, 1.54) is 44.9 Å². The maximum Gasteiger partial charge on any atom is 0.0576 e. The van der Waals surface area contributed by atoms with Crippen LogP contribution in [0, 0.1) is 11.8 Å². The van der Waals surface area contributed by atoms with Gasteiger partial charge in [-0.2, -0.15) is 0 Å². The predicted molar refractivity (Wildman–Crippen MR) is 73.5 cm³/mol. The second kappa shape index (κ2) is 8.13. The van der Waals surface area contributed by atoms with Crippen LogP contribution in [0.1, 0.15) is 51.4 Å². The zero-order chi connectivity index (χ0) is 12.6. The Morgan fingerprint density at radius 1 is 1.06 bits per heavy atom.